The number of amides is 1. The molecule has 1 unspecified atom stereocenters. The highest BCUT2D eigenvalue weighted by Crippen LogP contribution is 2.14. The van der Waals surface area contributed by atoms with Gasteiger partial charge >= 0.3 is 5.97 Å². The molecule has 0 radical (unpaired) electrons. The predicted octanol–water partition coefficient (Wildman–Crippen LogP) is 1.81. The maximum absolute atomic E-state index is 12.1. The molecular weight excluding hydrogens is 248 g/mol. The first kappa shape index (κ1) is 15.2. The first-order valence-corrected chi connectivity index (χ1v) is 6.32. The van der Waals surface area contributed by atoms with E-state index >= 15 is 0 Å². The van der Waals surface area contributed by atoms with Crippen molar-refractivity contribution in [2.24, 2.45) is 5.92 Å². The van der Waals surface area contributed by atoms with Crippen molar-refractivity contribution in [3.8, 4) is 0 Å². The maximum atomic E-state index is 12.1. The summed E-state index contributed by atoms with van der Waals surface area (Å²) in [7, 11) is 1.48. The standard InChI is InChI=1S/C13H20N2O4/c1-5-9-7-10(14-19-9)12(16)15(4)11(13(17)18)6-8(2)3/h7-8,11H,5-6H2,1-4H3,(H,17,18). The number of carbonyl (C=O) groups excluding carboxylic acids is 1. The summed E-state index contributed by atoms with van der Waals surface area (Å²) in [5.41, 5.74) is 0.148. The van der Waals surface area contributed by atoms with Crippen LogP contribution in [0.25, 0.3) is 0 Å². The number of carbonyl (C=O) groups is 2. The van der Waals surface area contributed by atoms with Gasteiger partial charge in [0.05, 0.1) is 0 Å². The number of aryl methyl sites for hydroxylation is 1. The van der Waals surface area contributed by atoms with Crippen molar-refractivity contribution < 1.29 is 19.2 Å². The molecule has 6 nitrogen and oxygen atoms in total. The van der Waals surface area contributed by atoms with Gasteiger partial charge < -0.3 is 14.5 Å². The maximum Gasteiger partial charge on any atom is 0.326 e. The average Bonchev–Trinajstić information content (AvgIpc) is 2.82. The Morgan fingerprint density at radius 1 is 1.47 bits per heavy atom. The quantitative estimate of drug-likeness (QED) is 0.850. The zero-order valence-electron chi connectivity index (χ0n) is 11.7. The zero-order chi connectivity index (χ0) is 14.6. The molecule has 0 saturated heterocycles. The largest absolute Gasteiger partial charge is 0.480 e. The second-order valence-corrected chi connectivity index (χ2v) is 4.93. The fourth-order valence-electron chi connectivity index (χ4n) is 1.77. The van der Waals surface area contributed by atoms with Crippen LogP contribution in [0.15, 0.2) is 10.6 Å². The fraction of sp³-hybridized carbons (Fsp3) is 0.615. The predicted molar refractivity (Wildman–Crippen MR) is 68.9 cm³/mol. The van der Waals surface area contributed by atoms with Gasteiger partial charge in [0.1, 0.15) is 11.8 Å². The Morgan fingerprint density at radius 3 is 2.53 bits per heavy atom. The van der Waals surface area contributed by atoms with E-state index in [0.717, 1.165) is 0 Å². The third-order valence-corrected chi connectivity index (χ3v) is 2.89. The number of aliphatic carboxylic acids is 1. The molecule has 19 heavy (non-hydrogen) atoms. The van der Waals surface area contributed by atoms with Crippen LogP contribution >= 0.6 is 0 Å². The molecule has 0 aliphatic heterocycles. The van der Waals surface area contributed by atoms with Crippen molar-refractivity contribution in [2.45, 2.75) is 39.7 Å². The molecule has 0 spiro atoms. The number of likely N-dealkylation sites (N-methyl/N-ethyl adjacent to an activating group) is 1. The summed E-state index contributed by atoms with van der Waals surface area (Å²) in [5.74, 6) is -0.660. The molecule has 1 N–H and O–H groups in total. The van der Waals surface area contributed by atoms with E-state index < -0.39 is 17.9 Å². The number of nitrogens with zero attached hydrogens (tertiary/aromatic N) is 2. The van der Waals surface area contributed by atoms with Crippen LogP contribution in [0.2, 0.25) is 0 Å². The lowest BCUT2D eigenvalue weighted by molar-refractivity contribution is -0.142. The third-order valence-electron chi connectivity index (χ3n) is 2.89. The number of hydrogen-bond acceptors (Lipinski definition) is 4. The second kappa shape index (κ2) is 6.36. The Bertz CT molecular complexity index is 453. The molecule has 6 heteroatoms. The zero-order valence-corrected chi connectivity index (χ0v) is 11.7. The fourth-order valence-corrected chi connectivity index (χ4v) is 1.77. The number of aromatic nitrogens is 1. The average molecular weight is 268 g/mol. The minimum atomic E-state index is -1.01. The van der Waals surface area contributed by atoms with E-state index in [9.17, 15) is 14.7 Å². The summed E-state index contributed by atoms with van der Waals surface area (Å²) in [6.45, 7) is 5.72. The monoisotopic (exact) mass is 268 g/mol. The molecule has 0 aliphatic rings. The SMILES string of the molecule is CCc1cc(C(=O)N(C)C(CC(C)C)C(=O)O)no1. The molecule has 0 fully saturated rings. The van der Waals surface area contributed by atoms with Crippen molar-refractivity contribution in [1.82, 2.24) is 10.1 Å². The lowest BCUT2D eigenvalue weighted by Gasteiger charge is -2.25. The van der Waals surface area contributed by atoms with Crippen LogP contribution in [0.4, 0.5) is 0 Å². The lowest BCUT2D eigenvalue weighted by Crippen LogP contribution is -2.43. The lowest BCUT2D eigenvalue weighted by atomic mass is 10.0. The Balaban J connectivity index is 2.86. The molecule has 1 heterocycles. The summed E-state index contributed by atoms with van der Waals surface area (Å²) in [4.78, 5) is 24.6. The van der Waals surface area contributed by atoms with Crippen LogP contribution in [-0.4, -0.2) is 40.1 Å². The first-order chi connectivity index (χ1) is 8.86. The van der Waals surface area contributed by atoms with E-state index in [-0.39, 0.29) is 11.6 Å². The second-order valence-electron chi connectivity index (χ2n) is 4.93. The minimum absolute atomic E-state index is 0.148. The van der Waals surface area contributed by atoms with Gasteiger partial charge in [0, 0.05) is 19.5 Å². The summed E-state index contributed by atoms with van der Waals surface area (Å²) in [6.07, 6.45) is 1.04. The van der Waals surface area contributed by atoms with Gasteiger partial charge in [0.2, 0.25) is 0 Å². The van der Waals surface area contributed by atoms with E-state index in [1.54, 1.807) is 6.07 Å². The molecule has 1 aromatic heterocycles. The first-order valence-electron chi connectivity index (χ1n) is 6.32. The van der Waals surface area contributed by atoms with E-state index in [1.807, 2.05) is 20.8 Å². The number of carboxylic acids is 1. The summed E-state index contributed by atoms with van der Waals surface area (Å²) >= 11 is 0. The molecule has 0 saturated carbocycles. The highest BCUT2D eigenvalue weighted by Gasteiger charge is 2.29. The number of rotatable bonds is 6. The van der Waals surface area contributed by atoms with Gasteiger partial charge in [0.25, 0.3) is 5.91 Å². The van der Waals surface area contributed by atoms with Gasteiger partial charge in [0.15, 0.2) is 5.69 Å². The molecule has 106 valence electrons. The van der Waals surface area contributed by atoms with Gasteiger partial charge in [-0.1, -0.05) is 25.9 Å². The van der Waals surface area contributed by atoms with Crippen molar-refractivity contribution in [2.75, 3.05) is 7.05 Å². The van der Waals surface area contributed by atoms with Crippen LogP contribution in [0.1, 0.15) is 43.4 Å². The molecule has 0 aliphatic carbocycles. The normalized spacial score (nSPS) is 12.5. The Kier molecular flexibility index (Phi) is 5.09. The van der Waals surface area contributed by atoms with Crippen molar-refractivity contribution in [3.05, 3.63) is 17.5 Å². The van der Waals surface area contributed by atoms with Crippen LogP contribution < -0.4 is 0 Å². The van der Waals surface area contributed by atoms with Crippen LogP contribution in [0.3, 0.4) is 0 Å². The molecule has 1 amide bonds. The van der Waals surface area contributed by atoms with E-state index in [4.69, 9.17) is 4.52 Å². The van der Waals surface area contributed by atoms with Gasteiger partial charge in [-0.2, -0.15) is 0 Å². The molecule has 1 atom stereocenters. The van der Waals surface area contributed by atoms with E-state index in [1.165, 1.54) is 11.9 Å². The minimum Gasteiger partial charge on any atom is -0.480 e. The van der Waals surface area contributed by atoms with E-state index in [0.29, 0.717) is 18.6 Å². The van der Waals surface area contributed by atoms with Crippen molar-refractivity contribution in [1.29, 1.82) is 0 Å². The van der Waals surface area contributed by atoms with Gasteiger partial charge in [-0.3, -0.25) is 4.79 Å². The van der Waals surface area contributed by atoms with Crippen LogP contribution in [0.5, 0.6) is 0 Å². The smallest absolute Gasteiger partial charge is 0.326 e. The summed E-state index contributed by atoms with van der Waals surface area (Å²) in [5, 5.41) is 12.9. The van der Waals surface area contributed by atoms with Gasteiger partial charge in [-0.25, -0.2) is 4.79 Å². The Labute approximate surface area is 112 Å². The van der Waals surface area contributed by atoms with Crippen molar-refractivity contribution >= 4 is 11.9 Å². The van der Waals surface area contributed by atoms with E-state index in [2.05, 4.69) is 5.16 Å². The topological polar surface area (TPSA) is 83.6 Å². The molecule has 1 rings (SSSR count). The van der Waals surface area contributed by atoms with Gasteiger partial charge in [-0.05, 0) is 12.3 Å². The van der Waals surface area contributed by atoms with Gasteiger partial charge in [-0.15, -0.1) is 0 Å². The molecular formula is C13H20N2O4. The van der Waals surface area contributed by atoms with Crippen LogP contribution in [0, 0.1) is 5.92 Å². The van der Waals surface area contributed by atoms with Crippen molar-refractivity contribution in [3.63, 3.8) is 0 Å². The Hall–Kier alpha value is -1.85. The number of carboxylic acid groups (broad SMARTS) is 1. The number of hydrogen-bond donors (Lipinski definition) is 1. The summed E-state index contributed by atoms with van der Waals surface area (Å²) in [6, 6.07) is 0.696. The Morgan fingerprint density at radius 2 is 2.11 bits per heavy atom. The van der Waals surface area contributed by atoms with Crippen LogP contribution in [-0.2, 0) is 11.2 Å². The molecule has 0 bridgehead atoms. The molecule has 0 aromatic carbocycles. The highest BCUT2D eigenvalue weighted by atomic mass is 16.5. The molecule has 1 aromatic rings. The summed E-state index contributed by atoms with van der Waals surface area (Å²) < 4.78 is 4.96. The third kappa shape index (κ3) is 3.81. The highest BCUT2D eigenvalue weighted by molar-refractivity contribution is 5.94.